The maximum absolute atomic E-state index is 10.9. The van der Waals surface area contributed by atoms with E-state index in [0.717, 1.165) is 24.6 Å². The van der Waals surface area contributed by atoms with Gasteiger partial charge >= 0.3 is 5.97 Å². The number of aromatic nitrogens is 1. The number of carboxylic acid groups (broad SMARTS) is 1. The van der Waals surface area contributed by atoms with Crippen LogP contribution >= 0.6 is 0 Å². The van der Waals surface area contributed by atoms with Crippen molar-refractivity contribution in [2.45, 2.75) is 38.0 Å². The smallest absolute Gasteiger partial charge is 0.354 e. The molecule has 1 aliphatic carbocycles. The SMILES string of the molecule is O=C(O)c1cccc(CNC2CCOC2C2CC2)n1. The lowest BCUT2D eigenvalue weighted by Crippen LogP contribution is -2.37. The molecule has 2 N–H and O–H groups in total. The first-order chi connectivity index (χ1) is 9.24. The summed E-state index contributed by atoms with van der Waals surface area (Å²) in [7, 11) is 0. The van der Waals surface area contributed by atoms with Crippen LogP contribution in [0.15, 0.2) is 18.2 Å². The van der Waals surface area contributed by atoms with E-state index in [4.69, 9.17) is 9.84 Å². The van der Waals surface area contributed by atoms with Crippen molar-refractivity contribution in [1.29, 1.82) is 0 Å². The van der Waals surface area contributed by atoms with Crippen LogP contribution in [0.1, 0.15) is 35.4 Å². The van der Waals surface area contributed by atoms with Gasteiger partial charge < -0.3 is 15.2 Å². The number of hydrogen-bond donors (Lipinski definition) is 2. The van der Waals surface area contributed by atoms with Crippen LogP contribution in [0.2, 0.25) is 0 Å². The van der Waals surface area contributed by atoms with E-state index in [9.17, 15) is 4.79 Å². The molecule has 5 heteroatoms. The maximum atomic E-state index is 10.9. The maximum Gasteiger partial charge on any atom is 0.354 e. The minimum atomic E-state index is -0.984. The average molecular weight is 262 g/mol. The summed E-state index contributed by atoms with van der Waals surface area (Å²) in [6, 6.07) is 5.47. The highest BCUT2D eigenvalue weighted by atomic mass is 16.5. The van der Waals surface area contributed by atoms with Crippen molar-refractivity contribution in [3.8, 4) is 0 Å². The fourth-order valence-electron chi connectivity index (χ4n) is 2.65. The summed E-state index contributed by atoms with van der Waals surface area (Å²) in [4.78, 5) is 15.0. The minimum absolute atomic E-state index is 0.0979. The van der Waals surface area contributed by atoms with Gasteiger partial charge in [0.15, 0.2) is 0 Å². The Kier molecular flexibility index (Phi) is 3.48. The highest BCUT2D eigenvalue weighted by Gasteiger charge is 2.40. The molecular weight excluding hydrogens is 244 g/mol. The van der Waals surface area contributed by atoms with E-state index in [-0.39, 0.29) is 5.69 Å². The molecule has 2 heterocycles. The Bertz CT molecular complexity index is 474. The van der Waals surface area contributed by atoms with Crippen molar-refractivity contribution in [1.82, 2.24) is 10.3 Å². The number of ether oxygens (including phenoxy) is 1. The molecule has 1 saturated heterocycles. The summed E-state index contributed by atoms with van der Waals surface area (Å²) >= 11 is 0. The number of hydrogen-bond acceptors (Lipinski definition) is 4. The summed E-state index contributed by atoms with van der Waals surface area (Å²) in [5.41, 5.74) is 0.863. The Morgan fingerprint density at radius 2 is 2.26 bits per heavy atom. The number of carboxylic acids is 1. The van der Waals surface area contributed by atoms with Crippen molar-refractivity contribution in [3.63, 3.8) is 0 Å². The van der Waals surface area contributed by atoms with Crippen LogP contribution in [0.3, 0.4) is 0 Å². The van der Waals surface area contributed by atoms with Crippen molar-refractivity contribution in [3.05, 3.63) is 29.6 Å². The van der Waals surface area contributed by atoms with Crippen LogP contribution in [0, 0.1) is 5.92 Å². The van der Waals surface area contributed by atoms with Crippen molar-refractivity contribution in [2.24, 2.45) is 5.92 Å². The van der Waals surface area contributed by atoms with Crippen molar-refractivity contribution in [2.75, 3.05) is 6.61 Å². The molecule has 0 bridgehead atoms. The molecule has 1 aromatic heterocycles. The van der Waals surface area contributed by atoms with E-state index in [1.54, 1.807) is 6.07 Å². The van der Waals surface area contributed by atoms with Gasteiger partial charge in [-0.15, -0.1) is 0 Å². The van der Waals surface area contributed by atoms with Crippen LogP contribution < -0.4 is 5.32 Å². The minimum Gasteiger partial charge on any atom is -0.477 e. The van der Waals surface area contributed by atoms with E-state index in [1.807, 2.05) is 6.07 Å². The van der Waals surface area contributed by atoms with E-state index < -0.39 is 5.97 Å². The molecule has 1 aromatic rings. The van der Waals surface area contributed by atoms with Crippen LogP contribution in [0.4, 0.5) is 0 Å². The van der Waals surface area contributed by atoms with Crippen LogP contribution in [-0.2, 0) is 11.3 Å². The fraction of sp³-hybridized carbons (Fsp3) is 0.571. The number of pyridine rings is 1. The van der Waals surface area contributed by atoms with Gasteiger partial charge in [0, 0.05) is 19.2 Å². The zero-order valence-electron chi connectivity index (χ0n) is 10.7. The average Bonchev–Trinajstić information content (AvgIpc) is 3.16. The molecule has 19 heavy (non-hydrogen) atoms. The molecular formula is C14H18N2O3. The van der Waals surface area contributed by atoms with E-state index in [0.29, 0.717) is 18.7 Å². The molecule has 2 fully saturated rings. The number of carbonyl (C=O) groups is 1. The zero-order valence-corrected chi connectivity index (χ0v) is 10.7. The lowest BCUT2D eigenvalue weighted by molar-refractivity contribution is 0.0689. The van der Waals surface area contributed by atoms with E-state index in [1.165, 1.54) is 18.9 Å². The summed E-state index contributed by atoms with van der Waals surface area (Å²) in [5.74, 6) is -0.264. The highest BCUT2D eigenvalue weighted by Crippen LogP contribution is 2.38. The number of nitrogens with zero attached hydrogens (tertiary/aromatic N) is 1. The van der Waals surface area contributed by atoms with Gasteiger partial charge in [0.05, 0.1) is 11.8 Å². The summed E-state index contributed by atoms with van der Waals surface area (Å²) in [5, 5.41) is 12.4. The largest absolute Gasteiger partial charge is 0.477 e. The fourth-order valence-corrected chi connectivity index (χ4v) is 2.65. The molecule has 1 saturated carbocycles. The van der Waals surface area contributed by atoms with Crippen LogP contribution in [0.25, 0.3) is 0 Å². The van der Waals surface area contributed by atoms with Gasteiger partial charge in [0.2, 0.25) is 0 Å². The van der Waals surface area contributed by atoms with Gasteiger partial charge in [-0.1, -0.05) is 6.07 Å². The van der Waals surface area contributed by atoms with E-state index in [2.05, 4.69) is 10.3 Å². The first kappa shape index (κ1) is 12.6. The molecule has 2 aliphatic rings. The molecule has 102 valence electrons. The third-order valence-electron chi connectivity index (χ3n) is 3.79. The van der Waals surface area contributed by atoms with Crippen LogP contribution in [0.5, 0.6) is 0 Å². The van der Waals surface area contributed by atoms with Gasteiger partial charge in [-0.2, -0.15) is 0 Å². The third kappa shape index (κ3) is 2.93. The first-order valence-corrected chi connectivity index (χ1v) is 6.78. The van der Waals surface area contributed by atoms with Crippen LogP contribution in [-0.4, -0.2) is 34.8 Å². The lowest BCUT2D eigenvalue weighted by Gasteiger charge is -2.19. The Labute approximate surface area is 112 Å². The zero-order chi connectivity index (χ0) is 13.2. The quantitative estimate of drug-likeness (QED) is 0.840. The molecule has 5 nitrogen and oxygen atoms in total. The topological polar surface area (TPSA) is 71.5 Å². The Hall–Kier alpha value is -1.46. The number of aromatic carboxylic acids is 1. The molecule has 0 spiro atoms. The normalized spacial score (nSPS) is 26.5. The van der Waals surface area contributed by atoms with Gasteiger partial charge in [0.25, 0.3) is 0 Å². The monoisotopic (exact) mass is 262 g/mol. The first-order valence-electron chi connectivity index (χ1n) is 6.78. The Morgan fingerprint density at radius 3 is 3.00 bits per heavy atom. The van der Waals surface area contributed by atoms with Gasteiger partial charge in [-0.25, -0.2) is 9.78 Å². The second-order valence-electron chi connectivity index (χ2n) is 5.27. The Morgan fingerprint density at radius 1 is 1.42 bits per heavy atom. The van der Waals surface area contributed by atoms with Crippen molar-refractivity contribution >= 4 is 5.97 Å². The van der Waals surface area contributed by atoms with Gasteiger partial charge in [-0.05, 0) is 37.3 Å². The molecule has 2 unspecified atom stereocenters. The van der Waals surface area contributed by atoms with Gasteiger partial charge in [0.1, 0.15) is 5.69 Å². The summed E-state index contributed by atoms with van der Waals surface area (Å²) in [6.45, 7) is 1.42. The van der Waals surface area contributed by atoms with E-state index >= 15 is 0 Å². The molecule has 3 rings (SSSR count). The molecule has 2 atom stereocenters. The second-order valence-corrected chi connectivity index (χ2v) is 5.27. The molecule has 0 amide bonds. The number of nitrogens with one attached hydrogen (secondary N) is 1. The molecule has 0 radical (unpaired) electrons. The standard InChI is InChI=1S/C14H18N2O3/c17-14(18)12-3-1-2-10(16-12)8-15-11-6-7-19-13(11)9-4-5-9/h1-3,9,11,13,15H,4-8H2,(H,17,18). The Balaban J connectivity index is 1.59. The third-order valence-corrected chi connectivity index (χ3v) is 3.79. The van der Waals surface area contributed by atoms with Crippen molar-refractivity contribution < 1.29 is 14.6 Å². The summed E-state index contributed by atoms with van der Waals surface area (Å²) in [6.07, 6.45) is 3.91. The molecule has 0 aromatic carbocycles. The summed E-state index contributed by atoms with van der Waals surface area (Å²) < 4.78 is 5.76. The number of rotatable bonds is 5. The lowest BCUT2D eigenvalue weighted by atomic mass is 10.1. The predicted octanol–water partition coefficient (Wildman–Crippen LogP) is 1.44. The highest BCUT2D eigenvalue weighted by molar-refractivity contribution is 5.85. The van der Waals surface area contributed by atoms with Gasteiger partial charge in [-0.3, -0.25) is 0 Å². The second kappa shape index (κ2) is 5.27. The molecule has 1 aliphatic heterocycles. The predicted molar refractivity (Wildman–Crippen MR) is 68.9 cm³/mol.